The molecule has 13 nitrogen and oxygen atoms in total. The molecule has 2 saturated heterocycles. The molecule has 0 spiro atoms. The van der Waals surface area contributed by atoms with Gasteiger partial charge in [-0.1, -0.05) is 57.7 Å². The highest BCUT2D eigenvalue weighted by atomic mass is 32.2. The molecule has 5 fully saturated rings. The normalized spacial score (nSPS) is 28.1. The van der Waals surface area contributed by atoms with Crippen molar-refractivity contribution in [2.75, 3.05) is 19.0 Å². The number of amides is 3. The fraction of sp³-hybridized carbons (Fsp3) is 0.533. The van der Waals surface area contributed by atoms with Gasteiger partial charge >= 0.3 is 0 Å². The molecule has 0 radical (unpaired) electrons. The monoisotopic (exact) mass is 854 g/mol. The number of hydrogen-bond acceptors (Lipinski definition) is 11. The van der Waals surface area contributed by atoms with Crippen LogP contribution < -0.4 is 24.8 Å². The van der Waals surface area contributed by atoms with Crippen LogP contribution in [0.2, 0.25) is 0 Å². The zero-order valence-electron chi connectivity index (χ0n) is 34.6. The van der Waals surface area contributed by atoms with Crippen molar-refractivity contribution in [2.24, 2.45) is 17.8 Å². The largest absolute Gasteiger partial charge is 0.496 e. The summed E-state index contributed by atoms with van der Waals surface area (Å²) in [4.78, 5) is 55.3. The molecule has 15 heteroatoms. The third kappa shape index (κ3) is 7.94. The Morgan fingerprint density at radius 1 is 1.00 bits per heavy atom. The summed E-state index contributed by atoms with van der Waals surface area (Å²) < 4.78 is 41.0. The lowest BCUT2D eigenvalue weighted by Gasteiger charge is -2.30. The lowest BCUT2D eigenvalue weighted by molar-refractivity contribution is -0.140. The van der Waals surface area contributed by atoms with Gasteiger partial charge in [0.15, 0.2) is 0 Å². The maximum absolute atomic E-state index is 14.9. The third-order valence-electron chi connectivity index (χ3n) is 13.3. The molecule has 60 heavy (non-hydrogen) atoms. The van der Waals surface area contributed by atoms with E-state index >= 15 is 0 Å². The highest BCUT2D eigenvalue weighted by Crippen LogP contribution is 2.61. The van der Waals surface area contributed by atoms with Crippen LogP contribution in [-0.4, -0.2) is 83.6 Å². The van der Waals surface area contributed by atoms with Crippen molar-refractivity contribution >= 4 is 55.5 Å². The number of para-hydroxylation sites is 1. The number of thiazole rings is 1. The first-order valence-electron chi connectivity index (χ1n) is 21.5. The number of anilines is 1. The molecule has 3 saturated carbocycles. The summed E-state index contributed by atoms with van der Waals surface area (Å²) in [6, 6.07) is 13.8. The van der Waals surface area contributed by atoms with Crippen molar-refractivity contribution in [1.82, 2.24) is 24.9 Å². The average molecular weight is 855 g/mol. The van der Waals surface area contributed by atoms with E-state index in [1.807, 2.05) is 60.8 Å². The van der Waals surface area contributed by atoms with Gasteiger partial charge in [0.05, 0.1) is 24.6 Å². The topological polar surface area (TPSA) is 169 Å². The first-order chi connectivity index (χ1) is 28.8. The van der Waals surface area contributed by atoms with Crippen molar-refractivity contribution in [3.8, 4) is 22.3 Å². The Morgan fingerprint density at radius 2 is 1.78 bits per heavy atom. The van der Waals surface area contributed by atoms with Gasteiger partial charge < -0.3 is 25.0 Å². The molecule has 5 aliphatic rings. The van der Waals surface area contributed by atoms with Crippen LogP contribution in [0.3, 0.4) is 0 Å². The summed E-state index contributed by atoms with van der Waals surface area (Å²) in [5.41, 5.74) is 1.97. The number of pyridine rings is 1. The Labute approximate surface area is 355 Å². The molecular formula is C45H54N6O7S2. The van der Waals surface area contributed by atoms with Gasteiger partial charge in [0.2, 0.25) is 27.7 Å². The van der Waals surface area contributed by atoms with Crippen molar-refractivity contribution in [1.29, 1.82) is 0 Å². The van der Waals surface area contributed by atoms with E-state index in [1.54, 1.807) is 12.0 Å². The van der Waals surface area contributed by atoms with Gasteiger partial charge in [0.25, 0.3) is 5.91 Å². The molecular weight excluding hydrogens is 801 g/mol. The first-order valence-corrected chi connectivity index (χ1v) is 23.9. The Bertz CT molecular complexity index is 2420. The van der Waals surface area contributed by atoms with Crippen LogP contribution in [0, 0.1) is 24.7 Å². The van der Waals surface area contributed by atoms with Crippen molar-refractivity contribution < 1.29 is 32.3 Å². The SMILES string of the molecule is COc1ccc2c(O[C@@H]3C[C@H]4C(=O)N[C@]5(C(=O)NS(=O)(=O)C6CC6)C[C@@H]5C5CC5CCCCC[C@H](Nc5ccccc5)C(=O)N4C3)nc(-c3nc(C(C)C)cs3)cc2c1C. The number of benzene rings is 2. The minimum atomic E-state index is -3.86. The van der Waals surface area contributed by atoms with Crippen LogP contribution in [0.25, 0.3) is 21.5 Å². The van der Waals surface area contributed by atoms with Crippen LogP contribution >= 0.6 is 11.3 Å². The van der Waals surface area contributed by atoms with Gasteiger partial charge in [0.1, 0.15) is 40.2 Å². The summed E-state index contributed by atoms with van der Waals surface area (Å²) in [6.45, 7) is 6.29. The second kappa shape index (κ2) is 15.9. The Hall–Kier alpha value is -4.76. The maximum Gasteiger partial charge on any atom is 0.259 e. The van der Waals surface area contributed by atoms with Crippen LogP contribution in [-0.2, 0) is 24.4 Å². The van der Waals surface area contributed by atoms with E-state index in [4.69, 9.17) is 19.4 Å². The molecule has 3 N–H and O–H groups in total. The molecule has 9 rings (SSSR count). The van der Waals surface area contributed by atoms with Gasteiger partial charge in [-0.25, -0.2) is 18.4 Å². The smallest absolute Gasteiger partial charge is 0.259 e. The number of aryl methyl sites for hydroxylation is 1. The molecule has 4 aromatic rings. The zero-order chi connectivity index (χ0) is 41.9. The summed E-state index contributed by atoms with van der Waals surface area (Å²) in [6.07, 6.45) is 6.20. The average Bonchev–Trinajstić information content (AvgIpc) is 4.19. The molecule has 0 bridgehead atoms. The summed E-state index contributed by atoms with van der Waals surface area (Å²) in [5, 5.41) is 10.4. The number of hydrogen-bond donors (Lipinski definition) is 3. The number of carbonyl (C=O) groups is 3. The van der Waals surface area contributed by atoms with Crippen LogP contribution in [0.15, 0.2) is 53.9 Å². The van der Waals surface area contributed by atoms with Gasteiger partial charge in [-0.05, 0) is 104 Å². The van der Waals surface area contributed by atoms with Crippen LogP contribution in [0.1, 0.15) is 95.2 Å². The maximum atomic E-state index is 14.9. The van der Waals surface area contributed by atoms with Crippen molar-refractivity contribution in [3.63, 3.8) is 0 Å². The molecule has 318 valence electrons. The predicted octanol–water partition coefficient (Wildman–Crippen LogP) is 6.71. The molecule has 2 aliphatic heterocycles. The minimum Gasteiger partial charge on any atom is -0.496 e. The first kappa shape index (κ1) is 40.6. The Balaban J connectivity index is 1.07. The lowest BCUT2D eigenvalue weighted by atomic mass is 10.0. The number of ether oxygens (including phenoxy) is 2. The number of rotatable bonds is 10. The highest BCUT2D eigenvalue weighted by Gasteiger charge is 2.69. The van der Waals surface area contributed by atoms with E-state index in [-0.39, 0.29) is 36.6 Å². The predicted molar refractivity (Wildman–Crippen MR) is 230 cm³/mol. The fourth-order valence-corrected chi connectivity index (χ4v) is 11.8. The lowest BCUT2D eigenvalue weighted by Crippen LogP contribution is -2.57. The van der Waals surface area contributed by atoms with E-state index in [2.05, 4.69) is 29.2 Å². The van der Waals surface area contributed by atoms with Crippen LogP contribution in [0.5, 0.6) is 11.6 Å². The molecule has 4 heterocycles. The second-order valence-electron chi connectivity index (χ2n) is 17.8. The number of methoxy groups -OCH3 is 1. The van der Waals surface area contributed by atoms with Crippen molar-refractivity contribution in [2.45, 2.75) is 120 Å². The highest BCUT2D eigenvalue weighted by molar-refractivity contribution is 7.91. The van der Waals surface area contributed by atoms with Crippen LogP contribution in [0.4, 0.5) is 5.69 Å². The number of aromatic nitrogens is 2. The molecule has 3 amide bonds. The van der Waals surface area contributed by atoms with Gasteiger partial charge in [-0.2, -0.15) is 0 Å². The third-order valence-corrected chi connectivity index (χ3v) is 16.0. The summed E-state index contributed by atoms with van der Waals surface area (Å²) >= 11 is 1.51. The van der Waals surface area contributed by atoms with Gasteiger partial charge in [0, 0.05) is 22.9 Å². The molecule has 2 aromatic heterocycles. The Kier molecular flexibility index (Phi) is 10.8. The quantitative estimate of drug-likeness (QED) is 0.156. The molecule has 2 unspecified atom stereocenters. The number of nitrogens with zero attached hydrogens (tertiary/aromatic N) is 3. The molecule has 7 atom stereocenters. The van der Waals surface area contributed by atoms with E-state index in [1.165, 1.54) is 11.3 Å². The second-order valence-corrected chi connectivity index (χ2v) is 20.6. The fourth-order valence-electron chi connectivity index (χ4n) is 9.51. The molecule has 2 aromatic carbocycles. The van der Waals surface area contributed by atoms with E-state index in [0.29, 0.717) is 43.2 Å². The standard InChI is InChI=1S/C45H54N6O7S2/c1-25(2)37-24-59-42(48-37)36-21-32-26(3)39(57-4)18-17-31(32)41(47-36)58-29-20-38-40(52)49-45(44(54)50-60(55,56)30-15-16-30)22-34(45)33-19-27(33)11-7-5-10-14-35(43(53)51(38)23-29)46-28-12-8-6-9-13-28/h6,8-9,12-13,17-18,21,24-25,27,29-30,33-35,38,46H,5,7,10-11,14-16,19-20,22-23H2,1-4H3,(H,49,52)(H,50,54)/t27?,29-,33?,34-,35+,38+,45-/m1/s1. The number of sulfonamides is 1. The van der Waals surface area contributed by atoms with E-state index in [9.17, 15) is 22.8 Å². The van der Waals surface area contributed by atoms with E-state index in [0.717, 1.165) is 70.6 Å². The zero-order valence-corrected chi connectivity index (χ0v) is 36.2. The number of carbonyl (C=O) groups excluding carboxylic acids is 3. The Morgan fingerprint density at radius 3 is 2.52 bits per heavy atom. The van der Waals surface area contributed by atoms with Gasteiger partial charge in [-0.3, -0.25) is 19.1 Å². The molecule has 3 aliphatic carbocycles. The number of fused-ring (bicyclic) bond motifs is 5. The summed E-state index contributed by atoms with van der Waals surface area (Å²) in [5.74, 6) is 0.417. The van der Waals surface area contributed by atoms with Gasteiger partial charge in [-0.15, -0.1) is 11.3 Å². The minimum absolute atomic E-state index is 0.102. The van der Waals surface area contributed by atoms with E-state index < -0.39 is 50.8 Å². The summed E-state index contributed by atoms with van der Waals surface area (Å²) in [7, 11) is -2.22. The van der Waals surface area contributed by atoms with Crippen molar-refractivity contribution in [3.05, 3.63) is 65.2 Å². The number of nitrogens with one attached hydrogen (secondary N) is 3.